The number of Topliss-reactive ketones (excluding diaryl/α,β-unsaturated/α-hetero) is 1. The third-order valence-corrected chi connectivity index (χ3v) is 3.11. The fraction of sp³-hybridized carbons (Fsp3) is 0.714. The maximum absolute atomic E-state index is 12.1. The van der Waals surface area contributed by atoms with Crippen molar-refractivity contribution in [3.63, 3.8) is 0 Å². The zero-order chi connectivity index (χ0) is 13.6. The highest BCUT2D eigenvalue weighted by Crippen LogP contribution is 2.26. The predicted octanol–water partition coefficient (Wildman–Crippen LogP) is 2.09. The molecule has 0 fully saturated rings. The van der Waals surface area contributed by atoms with Crippen molar-refractivity contribution in [2.45, 2.75) is 40.2 Å². The molecule has 0 aliphatic rings. The van der Waals surface area contributed by atoms with Crippen LogP contribution < -0.4 is 0 Å². The van der Waals surface area contributed by atoms with Crippen LogP contribution in [0.1, 0.15) is 34.1 Å². The van der Waals surface area contributed by atoms with Gasteiger partial charge in [0.1, 0.15) is 6.29 Å². The zero-order valence-electron chi connectivity index (χ0n) is 11.3. The van der Waals surface area contributed by atoms with Crippen LogP contribution >= 0.6 is 0 Å². The van der Waals surface area contributed by atoms with E-state index in [0.717, 1.165) is 0 Å². The molecule has 0 rings (SSSR count). The van der Waals surface area contributed by atoms with Gasteiger partial charge in [-0.1, -0.05) is 13.8 Å². The standard InChI is InChI=1S/C14H22O3/c1-7-8-10(2)12(17-6)11(3)13(16)14(4,5)9-15/h1,9-12H,8H2,2-6H3/t10-,11+,12-/m0/s1. The van der Waals surface area contributed by atoms with E-state index in [4.69, 9.17) is 11.2 Å². The molecular weight excluding hydrogens is 216 g/mol. The molecule has 0 N–H and O–H groups in total. The number of hydrogen-bond donors (Lipinski definition) is 0. The summed E-state index contributed by atoms with van der Waals surface area (Å²) in [6, 6.07) is 0. The van der Waals surface area contributed by atoms with Crippen molar-refractivity contribution in [2.75, 3.05) is 7.11 Å². The first kappa shape index (κ1) is 15.9. The topological polar surface area (TPSA) is 43.4 Å². The fourth-order valence-corrected chi connectivity index (χ4v) is 2.03. The molecule has 0 saturated carbocycles. The van der Waals surface area contributed by atoms with Gasteiger partial charge in [0, 0.05) is 19.4 Å². The van der Waals surface area contributed by atoms with Crippen molar-refractivity contribution in [1.82, 2.24) is 0 Å². The highest BCUT2D eigenvalue weighted by molar-refractivity contribution is 5.98. The molecule has 17 heavy (non-hydrogen) atoms. The van der Waals surface area contributed by atoms with Crippen molar-refractivity contribution in [3.8, 4) is 12.3 Å². The number of terminal acetylenes is 1. The van der Waals surface area contributed by atoms with Gasteiger partial charge in [-0.25, -0.2) is 0 Å². The third-order valence-electron chi connectivity index (χ3n) is 3.11. The van der Waals surface area contributed by atoms with Crippen molar-refractivity contribution >= 4 is 12.1 Å². The number of ether oxygens (including phenoxy) is 1. The predicted molar refractivity (Wildman–Crippen MR) is 67.4 cm³/mol. The van der Waals surface area contributed by atoms with E-state index < -0.39 is 5.41 Å². The fourth-order valence-electron chi connectivity index (χ4n) is 2.03. The van der Waals surface area contributed by atoms with Crippen LogP contribution in [0.3, 0.4) is 0 Å². The van der Waals surface area contributed by atoms with Crippen molar-refractivity contribution in [1.29, 1.82) is 0 Å². The van der Waals surface area contributed by atoms with Crippen LogP contribution in [0, 0.1) is 29.6 Å². The number of carbonyl (C=O) groups is 2. The normalized spacial score (nSPS) is 16.7. The first-order valence-corrected chi connectivity index (χ1v) is 5.78. The van der Waals surface area contributed by atoms with Gasteiger partial charge in [0.05, 0.1) is 11.5 Å². The number of methoxy groups -OCH3 is 1. The molecule has 3 heteroatoms. The molecule has 0 amide bonds. The van der Waals surface area contributed by atoms with E-state index in [-0.39, 0.29) is 23.7 Å². The molecule has 0 unspecified atom stereocenters. The summed E-state index contributed by atoms with van der Waals surface area (Å²) in [5, 5.41) is 0. The Morgan fingerprint density at radius 2 is 2.00 bits per heavy atom. The summed E-state index contributed by atoms with van der Waals surface area (Å²) in [4.78, 5) is 23.0. The average Bonchev–Trinajstić information content (AvgIpc) is 2.29. The molecule has 0 radical (unpaired) electrons. The molecule has 3 nitrogen and oxygen atoms in total. The molecule has 0 aromatic heterocycles. The van der Waals surface area contributed by atoms with Gasteiger partial charge < -0.3 is 9.53 Å². The smallest absolute Gasteiger partial charge is 0.150 e. The van der Waals surface area contributed by atoms with Crippen LogP contribution in [-0.4, -0.2) is 25.3 Å². The summed E-state index contributed by atoms with van der Waals surface area (Å²) in [6.07, 6.45) is 6.25. The van der Waals surface area contributed by atoms with E-state index in [2.05, 4.69) is 5.92 Å². The number of aldehydes is 1. The number of ketones is 1. The van der Waals surface area contributed by atoms with Crippen molar-refractivity contribution < 1.29 is 14.3 Å². The minimum Gasteiger partial charge on any atom is -0.380 e. The largest absolute Gasteiger partial charge is 0.380 e. The highest BCUT2D eigenvalue weighted by Gasteiger charge is 2.37. The minimum absolute atomic E-state index is 0.0893. The second-order valence-corrected chi connectivity index (χ2v) is 5.08. The van der Waals surface area contributed by atoms with Gasteiger partial charge in [-0.15, -0.1) is 12.3 Å². The van der Waals surface area contributed by atoms with E-state index in [1.807, 2.05) is 6.92 Å². The Hall–Kier alpha value is -1.14. The molecule has 0 aliphatic heterocycles. The quantitative estimate of drug-likeness (QED) is 0.387. The van der Waals surface area contributed by atoms with Crippen LogP contribution in [0.4, 0.5) is 0 Å². The minimum atomic E-state index is -0.966. The molecule has 0 spiro atoms. The lowest BCUT2D eigenvalue weighted by Gasteiger charge is -2.30. The Kier molecular flexibility index (Phi) is 6.12. The Morgan fingerprint density at radius 3 is 2.35 bits per heavy atom. The molecule has 0 bridgehead atoms. The van der Waals surface area contributed by atoms with E-state index in [0.29, 0.717) is 12.7 Å². The maximum Gasteiger partial charge on any atom is 0.150 e. The lowest BCUT2D eigenvalue weighted by molar-refractivity contribution is -0.140. The SMILES string of the molecule is C#CC[C@H](C)[C@H](OC)[C@@H](C)C(=O)C(C)(C)C=O. The summed E-state index contributed by atoms with van der Waals surface area (Å²) in [7, 11) is 1.56. The van der Waals surface area contributed by atoms with Gasteiger partial charge in [-0.2, -0.15) is 0 Å². The number of carbonyl (C=O) groups excluding carboxylic acids is 2. The van der Waals surface area contributed by atoms with E-state index in [1.165, 1.54) is 0 Å². The zero-order valence-corrected chi connectivity index (χ0v) is 11.3. The second kappa shape index (κ2) is 6.56. The Labute approximate surface area is 104 Å². The van der Waals surface area contributed by atoms with Crippen LogP contribution in [0.25, 0.3) is 0 Å². The van der Waals surface area contributed by atoms with Gasteiger partial charge in [-0.3, -0.25) is 4.79 Å². The molecule has 0 aliphatic carbocycles. The van der Waals surface area contributed by atoms with Crippen LogP contribution in [-0.2, 0) is 14.3 Å². The van der Waals surface area contributed by atoms with Crippen LogP contribution in [0.5, 0.6) is 0 Å². The van der Waals surface area contributed by atoms with Gasteiger partial charge in [-0.05, 0) is 19.8 Å². The van der Waals surface area contributed by atoms with Gasteiger partial charge in [0.15, 0.2) is 5.78 Å². The van der Waals surface area contributed by atoms with E-state index in [9.17, 15) is 9.59 Å². The molecule has 0 aromatic rings. The second-order valence-electron chi connectivity index (χ2n) is 5.08. The summed E-state index contributed by atoms with van der Waals surface area (Å²) < 4.78 is 5.35. The molecule has 96 valence electrons. The number of hydrogen-bond acceptors (Lipinski definition) is 3. The molecule has 0 heterocycles. The summed E-state index contributed by atoms with van der Waals surface area (Å²) in [5.74, 6) is 2.21. The van der Waals surface area contributed by atoms with Crippen molar-refractivity contribution in [3.05, 3.63) is 0 Å². The Morgan fingerprint density at radius 1 is 1.47 bits per heavy atom. The van der Waals surface area contributed by atoms with Crippen LogP contribution in [0.2, 0.25) is 0 Å². The van der Waals surface area contributed by atoms with Gasteiger partial charge >= 0.3 is 0 Å². The van der Waals surface area contributed by atoms with E-state index in [1.54, 1.807) is 27.9 Å². The lowest BCUT2D eigenvalue weighted by Crippen LogP contribution is -2.40. The first-order valence-electron chi connectivity index (χ1n) is 5.78. The first-order chi connectivity index (χ1) is 7.81. The highest BCUT2D eigenvalue weighted by atomic mass is 16.5. The average molecular weight is 238 g/mol. The number of rotatable bonds is 7. The van der Waals surface area contributed by atoms with Gasteiger partial charge in [0.25, 0.3) is 0 Å². The van der Waals surface area contributed by atoms with E-state index >= 15 is 0 Å². The lowest BCUT2D eigenvalue weighted by atomic mass is 9.78. The summed E-state index contributed by atoms with van der Waals surface area (Å²) in [5.41, 5.74) is -0.966. The van der Waals surface area contributed by atoms with Crippen LogP contribution in [0.15, 0.2) is 0 Å². The third kappa shape index (κ3) is 3.98. The maximum atomic E-state index is 12.1. The molecule has 0 saturated heterocycles. The molecule has 3 atom stereocenters. The van der Waals surface area contributed by atoms with Gasteiger partial charge in [0.2, 0.25) is 0 Å². The molecular formula is C14H22O3. The summed E-state index contributed by atoms with van der Waals surface area (Å²) >= 11 is 0. The molecule has 0 aromatic carbocycles. The Bertz CT molecular complexity index is 312. The summed E-state index contributed by atoms with van der Waals surface area (Å²) in [6.45, 7) is 6.98. The monoisotopic (exact) mass is 238 g/mol. The van der Waals surface area contributed by atoms with Crippen molar-refractivity contribution in [2.24, 2.45) is 17.3 Å². The Balaban J connectivity index is 4.88.